The number of rotatable bonds is 18. The quantitative estimate of drug-likeness (QED) is 0.132. The molecule has 0 heterocycles. The minimum Gasteiger partial charge on any atom is -0.296 e. The number of nitrogens with zero attached hydrogens (tertiary/aromatic N) is 1. The zero-order valence-corrected chi connectivity index (χ0v) is 19.7. The average molecular weight is 397 g/mol. The molecule has 0 saturated carbocycles. The highest BCUT2D eigenvalue weighted by Crippen LogP contribution is 2.14. The normalized spacial score (nSPS) is 14.4. The van der Waals surface area contributed by atoms with Crippen LogP contribution in [0.4, 0.5) is 0 Å². The number of hydrogen-bond acceptors (Lipinski definition) is 2. The van der Waals surface area contributed by atoms with Crippen molar-refractivity contribution in [1.82, 2.24) is 5.32 Å². The van der Waals surface area contributed by atoms with Gasteiger partial charge in [-0.1, -0.05) is 77.4 Å². The summed E-state index contributed by atoms with van der Waals surface area (Å²) in [6.45, 7) is 4.29. The Bertz CT molecular complexity index is 415. The standard InChI is InChI=1S/C24H49N3O/c1-6-8-9-10-11-12-13-14-15-16-17-18-19-20-21-22-23(28)26-24(25,7-2)27(3,4)5/h14-15H,6-13,16-22,25H2,1-5H3/p+1. The lowest BCUT2D eigenvalue weighted by atomic mass is 10.1. The molecule has 0 aromatic heterocycles. The third-order valence-electron chi connectivity index (χ3n) is 5.76. The second-order valence-corrected chi connectivity index (χ2v) is 9.17. The van der Waals surface area contributed by atoms with Gasteiger partial charge >= 0.3 is 0 Å². The van der Waals surface area contributed by atoms with Crippen LogP contribution in [0.5, 0.6) is 0 Å². The lowest BCUT2D eigenvalue weighted by molar-refractivity contribution is -0.927. The number of allylic oxidation sites excluding steroid dienone is 2. The van der Waals surface area contributed by atoms with E-state index < -0.39 is 5.79 Å². The molecular formula is C24H50N3O+. The largest absolute Gasteiger partial charge is 0.296 e. The molecule has 166 valence electrons. The molecule has 0 spiro atoms. The van der Waals surface area contributed by atoms with Crippen LogP contribution in [0.15, 0.2) is 12.2 Å². The van der Waals surface area contributed by atoms with Crippen molar-refractivity contribution in [1.29, 1.82) is 0 Å². The zero-order valence-electron chi connectivity index (χ0n) is 19.7. The van der Waals surface area contributed by atoms with Crippen molar-refractivity contribution in [3.63, 3.8) is 0 Å². The zero-order chi connectivity index (χ0) is 21.3. The van der Waals surface area contributed by atoms with E-state index in [2.05, 4.69) is 24.4 Å². The van der Waals surface area contributed by atoms with E-state index in [0.29, 0.717) is 17.3 Å². The number of carbonyl (C=O) groups is 1. The van der Waals surface area contributed by atoms with Crippen molar-refractivity contribution in [3.05, 3.63) is 12.2 Å². The summed E-state index contributed by atoms with van der Waals surface area (Å²) in [6.07, 6.45) is 22.6. The van der Waals surface area contributed by atoms with Gasteiger partial charge in [-0.25, -0.2) is 0 Å². The van der Waals surface area contributed by atoms with Gasteiger partial charge in [0.2, 0.25) is 11.7 Å². The number of quaternary nitrogens is 1. The van der Waals surface area contributed by atoms with Gasteiger partial charge < -0.3 is 0 Å². The number of nitrogens with two attached hydrogens (primary N) is 1. The Morgan fingerprint density at radius 1 is 0.821 bits per heavy atom. The molecule has 0 aliphatic carbocycles. The van der Waals surface area contributed by atoms with E-state index >= 15 is 0 Å². The van der Waals surface area contributed by atoms with Gasteiger partial charge in [0.15, 0.2) is 0 Å². The second-order valence-electron chi connectivity index (χ2n) is 9.17. The third kappa shape index (κ3) is 13.3. The fourth-order valence-electron chi connectivity index (χ4n) is 3.39. The first kappa shape index (κ1) is 27.1. The van der Waals surface area contributed by atoms with Gasteiger partial charge in [0.05, 0.1) is 21.1 Å². The van der Waals surface area contributed by atoms with Crippen LogP contribution in [0.3, 0.4) is 0 Å². The summed E-state index contributed by atoms with van der Waals surface area (Å²) in [6, 6.07) is 0. The van der Waals surface area contributed by atoms with Crippen LogP contribution >= 0.6 is 0 Å². The van der Waals surface area contributed by atoms with Crippen LogP contribution in [0.25, 0.3) is 0 Å². The summed E-state index contributed by atoms with van der Waals surface area (Å²) in [7, 11) is 6.06. The maximum absolute atomic E-state index is 12.2. The molecule has 3 N–H and O–H groups in total. The summed E-state index contributed by atoms with van der Waals surface area (Å²) in [4.78, 5) is 12.2. The maximum atomic E-state index is 12.2. The molecule has 0 aliphatic heterocycles. The first-order chi connectivity index (χ1) is 13.3. The third-order valence-corrected chi connectivity index (χ3v) is 5.76. The maximum Gasteiger partial charge on any atom is 0.229 e. The van der Waals surface area contributed by atoms with E-state index in [9.17, 15) is 4.79 Å². The van der Waals surface area contributed by atoms with Crippen LogP contribution in [0, 0.1) is 0 Å². The van der Waals surface area contributed by atoms with Crippen LogP contribution in [-0.2, 0) is 4.79 Å². The number of carbonyl (C=O) groups excluding carboxylic acids is 1. The Labute approximate surface area is 175 Å². The van der Waals surface area contributed by atoms with Gasteiger partial charge in [0.1, 0.15) is 0 Å². The molecule has 0 rings (SSSR count). The molecule has 0 aromatic carbocycles. The fourth-order valence-corrected chi connectivity index (χ4v) is 3.39. The van der Waals surface area contributed by atoms with Crippen LogP contribution in [0.1, 0.15) is 110 Å². The smallest absolute Gasteiger partial charge is 0.229 e. The monoisotopic (exact) mass is 396 g/mol. The molecule has 0 aromatic rings. The first-order valence-electron chi connectivity index (χ1n) is 11.8. The predicted molar refractivity (Wildman–Crippen MR) is 123 cm³/mol. The molecule has 0 bridgehead atoms. The summed E-state index contributed by atoms with van der Waals surface area (Å²) in [5.74, 6) is -0.603. The SMILES string of the molecule is CCCCCCCCC=CCCCCCCCC(=O)NC(N)(CC)[N+](C)(C)C. The number of nitrogens with one attached hydrogen (secondary N) is 1. The van der Waals surface area contributed by atoms with Crippen LogP contribution in [-0.4, -0.2) is 37.3 Å². The minimum absolute atomic E-state index is 0.0787. The predicted octanol–water partition coefficient (Wildman–Crippen LogP) is 5.87. The highest BCUT2D eigenvalue weighted by molar-refractivity contribution is 5.76. The second kappa shape index (κ2) is 16.0. The molecule has 0 saturated heterocycles. The van der Waals surface area contributed by atoms with Gasteiger partial charge in [-0.3, -0.25) is 20.3 Å². The molecule has 0 fully saturated rings. The highest BCUT2D eigenvalue weighted by Gasteiger charge is 2.38. The van der Waals surface area contributed by atoms with E-state index in [0.717, 1.165) is 12.8 Å². The van der Waals surface area contributed by atoms with Crippen LogP contribution < -0.4 is 11.1 Å². The van der Waals surface area contributed by atoms with Crippen molar-refractivity contribution in [3.8, 4) is 0 Å². The fraction of sp³-hybridized carbons (Fsp3) is 0.875. The lowest BCUT2D eigenvalue weighted by Crippen LogP contribution is -2.72. The van der Waals surface area contributed by atoms with E-state index in [4.69, 9.17) is 5.73 Å². The molecule has 28 heavy (non-hydrogen) atoms. The Kier molecular flexibility index (Phi) is 15.5. The Balaban J connectivity index is 3.57. The Morgan fingerprint density at radius 3 is 1.75 bits per heavy atom. The number of hydrogen-bond donors (Lipinski definition) is 2. The summed E-state index contributed by atoms with van der Waals surface area (Å²) in [5.41, 5.74) is 6.37. The molecule has 4 nitrogen and oxygen atoms in total. The first-order valence-corrected chi connectivity index (χ1v) is 11.8. The number of amides is 1. The van der Waals surface area contributed by atoms with Crippen molar-refractivity contribution in [2.75, 3.05) is 21.1 Å². The summed E-state index contributed by atoms with van der Waals surface area (Å²) in [5, 5.41) is 3.03. The number of unbranched alkanes of at least 4 members (excludes halogenated alkanes) is 11. The average Bonchev–Trinajstić information content (AvgIpc) is 2.63. The molecule has 1 unspecified atom stereocenters. The molecular weight excluding hydrogens is 346 g/mol. The Hall–Kier alpha value is -0.870. The Morgan fingerprint density at radius 2 is 1.29 bits per heavy atom. The van der Waals surface area contributed by atoms with E-state index in [1.165, 1.54) is 70.6 Å². The summed E-state index contributed by atoms with van der Waals surface area (Å²) >= 11 is 0. The molecule has 1 atom stereocenters. The van der Waals surface area contributed by atoms with Crippen LogP contribution in [0.2, 0.25) is 0 Å². The minimum atomic E-state index is -0.682. The topological polar surface area (TPSA) is 55.1 Å². The molecule has 0 aliphatic rings. The van der Waals surface area contributed by atoms with Gasteiger partial charge in [0.25, 0.3) is 0 Å². The van der Waals surface area contributed by atoms with Gasteiger partial charge in [-0.2, -0.15) is 0 Å². The van der Waals surface area contributed by atoms with E-state index in [-0.39, 0.29) is 5.91 Å². The molecule has 1 amide bonds. The van der Waals surface area contributed by atoms with Crippen molar-refractivity contribution in [2.45, 2.75) is 116 Å². The van der Waals surface area contributed by atoms with E-state index in [1.807, 2.05) is 28.1 Å². The van der Waals surface area contributed by atoms with Gasteiger partial charge in [-0.15, -0.1) is 0 Å². The van der Waals surface area contributed by atoms with Crippen molar-refractivity contribution < 1.29 is 9.28 Å². The molecule has 0 radical (unpaired) electrons. The highest BCUT2D eigenvalue weighted by atomic mass is 16.2. The summed E-state index contributed by atoms with van der Waals surface area (Å²) < 4.78 is 0.529. The van der Waals surface area contributed by atoms with Gasteiger partial charge in [0, 0.05) is 12.8 Å². The van der Waals surface area contributed by atoms with Crippen molar-refractivity contribution in [2.24, 2.45) is 5.73 Å². The molecule has 4 heteroatoms. The van der Waals surface area contributed by atoms with Gasteiger partial charge in [-0.05, 0) is 32.1 Å². The van der Waals surface area contributed by atoms with E-state index in [1.54, 1.807) is 0 Å². The lowest BCUT2D eigenvalue weighted by Gasteiger charge is -2.42. The van der Waals surface area contributed by atoms with Crippen molar-refractivity contribution >= 4 is 5.91 Å².